The number of anilines is 1. The lowest BCUT2D eigenvalue weighted by atomic mass is 10.2. The number of hydrogen-bond acceptors (Lipinski definition) is 3. The van der Waals surface area contributed by atoms with Crippen LogP contribution in [-0.2, 0) is 0 Å². The molecule has 0 bridgehead atoms. The van der Waals surface area contributed by atoms with Gasteiger partial charge in [0.1, 0.15) is 5.52 Å². The highest BCUT2D eigenvalue weighted by Gasteiger charge is 2.13. The van der Waals surface area contributed by atoms with Gasteiger partial charge in [-0.15, -0.1) is 0 Å². The molecule has 7 heteroatoms. The second kappa shape index (κ2) is 4.86. The molecule has 0 saturated heterocycles. The molecule has 0 spiro atoms. The Kier molecular flexibility index (Phi) is 3.02. The van der Waals surface area contributed by atoms with E-state index in [-0.39, 0.29) is 11.1 Å². The molecule has 2 aromatic carbocycles. The van der Waals surface area contributed by atoms with E-state index in [2.05, 4.69) is 10.3 Å². The standard InChI is InChI=1S/C14H8F2N2O3/c15-8-5-4-7(6-9(8)16)13(19)17-10-2-1-3-11-12(10)18-14(20)21-11/h1-6H,(H,17,19)(H,18,20). The number of halogens is 2. The number of hydrogen-bond donors (Lipinski definition) is 2. The third kappa shape index (κ3) is 2.40. The minimum Gasteiger partial charge on any atom is -0.408 e. The molecule has 0 atom stereocenters. The van der Waals surface area contributed by atoms with Crippen LogP contribution >= 0.6 is 0 Å². The first kappa shape index (κ1) is 13.0. The Morgan fingerprint density at radius 2 is 1.95 bits per heavy atom. The summed E-state index contributed by atoms with van der Waals surface area (Å²) >= 11 is 0. The molecule has 0 aliphatic rings. The van der Waals surface area contributed by atoms with Crippen LogP contribution in [0.4, 0.5) is 14.5 Å². The van der Waals surface area contributed by atoms with Gasteiger partial charge in [0.2, 0.25) is 0 Å². The lowest BCUT2D eigenvalue weighted by Crippen LogP contribution is -2.13. The van der Waals surface area contributed by atoms with Crippen molar-refractivity contribution in [2.24, 2.45) is 0 Å². The van der Waals surface area contributed by atoms with Crippen molar-refractivity contribution in [3.63, 3.8) is 0 Å². The zero-order valence-corrected chi connectivity index (χ0v) is 10.4. The zero-order valence-electron chi connectivity index (χ0n) is 10.4. The topological polar surface area (TPSA) is 75.1 Å². The Morgan fingerprint density at radius 3 is 2.71 bits per heavy atom. The number of H-pyrrole nitrogens is 1. The predicted molar refractivity (Wildman–Crippen MR) is 71.1 cm³/mol. The molecule has 2 N–H and O–H groups in total. The van der Waals surface area contributed by atoms with Crippen LogP contribution in [0.1, 0.15) is 10.4 Å². The van der Waals surface area contributed by atoms with Gasteiger partial charge in [0.05, 0.1) is 5.69 Å². The summed E-state index contributed by atoms with van der Waals surface area (Å²) in [6.45, 7) is 0. The lowest BCUT2D eigenvalue weighted by Gasteiger charge is -2.06. The Balaban J connectivity index is 1.96. The minimum atomic E-state index is -1.11. The fourth-order valence-corrected chi connectivity index (χ4v) is 1.91. The maximum Gasteiger partial charge on any atom is 0.417 e. The first-order valence-electron chi connectivity index (χ1n) is 5.93. The van der Waals surface area contributed by atoms with E-state index in [0.717, 1.165) is 18.2 Å². The summed E-state index contributed by atoms with van der Waals surface area (Å²) in [5.74, 6) is -3.44. The van der Waals surface area contributed by atoms with E-state index in [1.807, 2.05) is 0 Å². The quantitative estimate of drug-likeness (QED) is 0.762. The summed E-state index contributed by atoms with van der Waals surface area (Å²) in [6, 6.07) is 7.51. The largest absolute Gasteiger partial charge is 0.417 e. The van der Waals surface area contributed by atoms with Gasteiger partial charge in [-0.1, -0.05) is 6.07 Å². The lowest BCUT2D eigenvalue weighted by molar-refractivity contribution is 0.102. The average Bonchev–Trinajstić information content (AvgIpc) is 2.83. The molecule has 0 unspecified atom stereocenters. The zero-order chi connectivity index (χ0) is 15.0. The first-order valence-corrected chi connectivity index (χ1v) is 5.93. The summed E-state index contributed by atoms with van der Waals surface area (Å²) in [4.78, 5) is 25.6. The van der Waals surface area contributed by atoms with E-state index in [0.29, 0.717) is 11.2 Å². The molecular formula is C14H8F2N2O3. The second-order valence-electron chi connectivity index (χ2n) is 4.28. The van der Waals surface area contributed by atoms with Crippen LogP contribution in [0.15, 0.2) is 45.6 Å². The molecule has 1 aromatic heterocycles. The normalized spacial score (nSPS) is 10.8. The molecule has 106 valence electrons. The van der Waals surface area contributed by atoms with Crippen LogP contribution in [0.5, 0.6) is 0 Å². The number of benzene rings is 2. The fraction of sp³-hybridized carbons (Fsp3) is 0. The van der Waals surface area contributed by atoms with Crippen LogP contribution in [0, 0.1) is 11.6 Å². The van der Waals surface area contributed by atoms with Gasteiger partial charge in [0, 0.05) is 5.56 Å². The van der Waals surface area contributed by atoms with Crippen molar-refractivity contribution < 1.29 is 18.0 Å². The van der Waals surface area contributed by atoms with E-state index in [1.165, 1.54) is 0 Å². The van der Waals surface area contributed by atoms with Crippen LogP contribution in [0.25, 0.3) is 11.1 Å². The molecule has 0 fully saturated rings. The van der Waals surface area contributed by atoms with Gasteiger partial charge in [0.25, 0.3) is 5.91 Å². The highest BCUT2D eigenvalue weighted by Crippen LogP contribution is 2.21. The molecular weight excluding hydrogens is 282 g/mol. The van der Waals surface area contributed by atoms with Gasteiger partial charge in [0.15, 0.2) is 17.2 Å². The summed E-state index contributed by atoms with van der Waals surface area (Å²) in [5, 5.41) is 2.50. The van der Waals surface area contributed by atoms with Crippen molar-refractivity contribution in [3.8, 4) is 0 Å². The molecule has 0 aliphatic carbocycles. The van der Waals surface area contributed by atoms with Crippen LogP contribution in [0.2, 0.25) is 0 Å². The molecule has 3 aromatic rings. The number of rotatable bonds is 2. The second-order valence-corrected chi connectivity index (χ2v) is 4.28. The van der Waals surface area contributed by atoms with Gasteiger partial charge in [-0.25, -0.2) is 13.6 Å². The fourth-order valence-electron chi connectivity index (χ4n) is 1.91. The van der Waals surface area contributed by atoms with E-state index >= 15 is 0 Å². The smallest absolute Gasteiger partial charge is 0.408 e. The average molecular weight is 290 g/mol. The van der Waals surface area contributed by atoms with Gasteiger partial charge in [-0.2, -0.15) is 0 Å². The number of fused-ring (bicyclic) bond motifs is 1. The van der Waals surface area contributed by atoms with Crippen molar-refractivity contribution in [2.45, 2.75) is 0 Å². The number of carbonyl (C=O) groups is 1. The molecule has 5 nitrogen and oxygen atoms in total. The number of nitrogens with one attached hydrogen (secondary N) is 2. The Bertz CT molecular complexity index is 899. The number of aromatic nitrogens is 1. The Labute approximate surface area is 116 Å². The Hall–Kier alpha value is -2.96. The summed E-state index contributed by atoms with van der Waals surface area (Å²) in [7, 11) is 0. The predicted octanol–water partition coefficient (Wildman–Crippen LogP) is 2.65. The summed E-state index contributed by atoms with van der Waals surface area (Å²) < 4.78 is 30.8. The van der Waals surface area contributed by atoms with E-state index in [9.17, 15) is 18.4 Å². The molecule has 0 radical (unpaired) electrons. The van der Waals surface area contributed by atoms with Crippen LogP contribution in [0.3, 0.4) is 0 Å². The summed E-state index contributed by atoms with van der Waals surface area (Å²) in [5.41, 5.74) is 0.853. The molecule has 3 rings (SSSR count). The molecule has 0 aliphatic heterocycles. The number of aromatic amines is 1. The van der Waals surface area contributed by atoms with Gasteiger partial charge in [-0.3, -0.25) is 9.78 Å². The van der Waals surface area contributed by atoms with Crippen molar-refractivity contribution >= 4 is 22.7 Å². The molecule has 21 heavy (non-hydrogen) atoms. The Morgan fingerprint density at radius 1 is 1.14 bits per heavy atom. The van der Waals surface area contributed by atoms with E-state index < -0.39 is 23.3 Å². The molecule has 1 amide bonds. The third-order valence-electron chi connectivity index (χ3n) is 2.89. The molecule has 0 saturated carbocycles. The van der Waals surface area contributed by atoms with Crippen molar-refractivity contribution in [1.29, 1.82) is 0 Å². The van der Waals surface area contributed by atoms with E-state index in [4.69, 9.17) is 4.42 Å². The highest BCUT2D eigenvalue weighted by atomic mass is 19.2. The maximum absolute atomic E-state index is 13.1. The minimum absolute atomic E-state index is 0.0447. The monoisotopic (exact) mass is 290 g/mol. The van der Waals surface area contributed by atoms with Gasteiger partial charge < -0.3 is 9.73 Å². The number of oxazole rings is 1. The van der Waals surface area contributed by atoms with Gasteiger partial charge in [-0.05, 0) is 30.3 Å². The molecule has 1 heterocycles. The van der Waals surface area contributed by atoms with Crippen LogP contribution < -0.4 is 11.1 Å². The maximum atomic E-state index is 13.1. The van der Waals surface area contributed by atoms with Crippen molar-refractivity contribution in [2.75, 3.05) is 5.32 Å². The van der Waals surface area contributed by atoms with Crippen LogP contribution in [-0.4, -0.2) is 10.9 Å². The first-order chi connectivity index (χ1) is 10.0. The van der Waals surface area contributed by atoms with Crippen molar-refractivity contribution in [3.05, 3.63) is 64.1 Å². The third-order valence-corrected chi connectivity index (χ3v) is 2.89. The number of carbonyl (C=O) groups excluding carboxylic acids is 1. The highest BCUT2D eigenvalue weighted by molar-refractivity contribution is 6.07. The van der Waals surface area contributed by atoms with Crippen molar-refractivity contribution in [1.82, 2.24) is 4.98 Å². The van der Waals surface area contributed by atoms with E-state index in [1.54, 1.807) is 18.2 Å². The SMILES string of the molecule is O=C(Nc1cccc2oc(=O)[nH]c12)c1ccc(F)c(F)c1. The number of para-hydroxylation sites is 1. The summed E-state index contributed by atoms with van der Waals surface area (Å²) in [6.07, 6.45) is 0. The van der Waals surface area contributed by atoms with Gasteiger partial charge >= 0.3 is 5.76 Å². The number of amides is 1.